The van der Waals surface area contributed by atoms with Gasteiger partial charge in [0.2, 0.25) is 0 Å². The fourth-order valence-electron chi connectivity index (χ4n) is 2.37. The molecule has 0 aliphatic carbocycles. The van der Waals surface area contributed by atoms with E-state index < -0.39 is 0 Å². The summed E-state index contributed by atoms with van der Waals surface area (Å²) in [5.41, 5.74) is 1.02. The minimum absolute atomic E-state index is 0.180. The summed E-state index contributed by atoms with van der Waals surface area (Å²) >= 11 is 3.35. The average molecular weight is 330 g/mol. The van der Waals surface area contributed by atoms with Crippen LogP contribution in [0.1, 0.15) is 63.5 Å². The Morgan fingerprint density at radius 3 is 2.53 bits per heavy atom. The van der Waals surface area contributed by atoms with Crippen molar-refractivity contribution in [3.8, 4) is 0 Å². The van der Waals surface area contributed by atoms with Crippen molar-refractivity contribution in [2.45, 2.75) is 57.9 Å². The molecule has 0 aromatic heterocycles. The predicted octanol–water partition coefficient (Wildman–Crippen LogP) is 5.60. The second kappa shape index (κ2) is 9.49. The van der Waals surface area contributed by atoms with Crippen LogP contribution < -0.4 is 5.32 Å². The summed E-state index contributed by atoms with van der Waals surface area (Å²) in [5, 5.41) is 3.29. The van der Waals surface area contributed by atoms with Crippen LogP contribution in [0.3, 0.4) is 0 Å². The Kier molecular flexibility index (Phi) is 8.31. The highest BCUT2D eigenvalue weighted by atomic mass is 79.9. The second-order valence-corrected chi connectivity index (χ2v) is 5.83. The van der Waals surface area contributed by atoms with E-state index in [9.17, 15) is 4.39 Å². The van der Waals surface area contributed by atoms with E-state index in [2.05, 4.69) is 28.2 Å². The van der Waals surface area contributed by atoms with E-state index >= 15 is 0 Å². The third kappa shape index (κ3) is 5.62. The molecule has 0 fully saturated rings. The molecule has 3 heteroatoms. The second-order valence-electron chi connectivity index (χ2n) is 5.04. The Morgan fingerprint density at radius 2 is 1.84 bits per heavy atom. The molecule has 0 aliphatic rings. The van der Waals surface area contributed by atoms with E-state index in [1.54, 1.807) is 6.07 Å². The van der Waals surface area contributed by atoms with Gasteiger partial charge in [-0.2, -0.15) is 0 Å². The molecule has 0 radical (unpaired) electrons. The standard InChI is InChI=1S/C16H25BrFN/c1-3-4-5-6-7-8-12-15(19-2)13-10-9-11-14(18)16(13)17/h9-11,15,19H,3-8,12H2,1-2H3. The van der Waals surface area contributed by atoms with E-state index in [4.69, 9.17) is 0 Å². The van der Waals surface area contributed by atoms with Crippen LogP contribution in [0.5, 0.6) is 0 Å². The molecule has 0 spiro atoms. The number of nitrogens with one attached hydrogen (secondary N) is 1. The Hall–Kier alpha value is -0.410. The molecule has 1 nitrogen and oxygen atoms in total. The minimum atomic E-state index is -0.180. The highest BCUT2D eigenvalue weighted by Crippen LogP contribution is 2.29. The summed E-state index contributed by atoms with van der Waals surface area (Å²) in [7, 11) is 1.94. The highest BCUT2D eigenvalue weighted by molar-refractivity contribution is 9.10. The first-order valence-electron chi connectivity index (χ1n) is 7.31. The van der Waals surface area contributed by atoms with Crippen LogP contribution in [-0.2, 0) is 0 Å². The molecule has 0 saturated heterocycles. The lowest BCUT2D eigenvalue weighted by Gasteiger charge is -2.18. The van der Waals surface area contributed by atoms with Crippen molar-refractivity contribution in [3.63, 3.8) is 0 Å². The first-order chi connectivity index (χ1) is 9.20. The van der Waals surface area contributed by atoms with Gasteiger partial charge in [0.25, 0.3) is 0 Å². The largest absolute Gasteiger partial charge is 0.313 e. The van der Waals surface area contributed by atoms with E-state index in [1.165, 1.54) is 44.6 Å². The molecule has 0 bridgehead atoms. The van der Waals surface area contributed by atoms with Gasteiger partial charge in [0.1, 0.15) is 5.82 Å². The third-order valence-corrected chi connectivity index (χ3v) is 4.39. The number of unbranched alkanes of at least 4 members (excludes halogenated alkanes) is 5. The smallest absolute Gasteiger partial charge is 0.137 e. The fraction of sp³-hybridized carbons (Fsp3) is 0.625. The van der Waals surface area contributed by atoms with Crippen LogP contribution in [0.25, 0.3) is 0 Å². The molecule has 1 atom stereocenters. The van der Waals surface area contributed by atoms with Crippen molar-refractivity contribution in [2.24, 2.45) is 0 Å². The van der Waals surface area contributed by atoms with Gasteiger partial charge in [0, 0.05) is 6.04 Å². The van der Waals surface area contributed by atoms with Crippen LogP contribution in [0.15, 0.2) is 22.7 Å². The van der Waals surface area contributed by atoms with E-state index in [1.807, 2.05) is 13.1 Å². The Labute approximate surface area is 125 Å². The molecule has 1 rings (SSSR count). The summed E-state index contributed by atoms with van der Waals surface area (Å²) in [6.07, 6.45) is 8.80. The number of benzene rings is 1. The van der Waals surface area contributed by atoms with E-state index in [0.29, 0.717) is 4.47 Å². The molecule has 1 aromatic carbocycles. The highest BCUT2D eigenvalue weighted by Gasteiger charge is 2.14. The van der Waals surface area contributed by atoms with Crippen molar-refractivity contribution in [1.82, 2.24) is 5.32 Å². The number of hydrogen-bond donors (Lipinski definition) is 1. The van der Waals surface area contributed by atoms with Gasteiger partial charge in [0.05, 0.1) is 4.47 Å². The Bertz CT molecular complexity index is 368. The Balaban J connectivity index is 2.43. The molecule has 19 heavy (non-hydrogen) atoms. The third-order valence-electron chi connectivity index (χ3n) is 3.55. The van der Waals surface area contributed by atoms with E-state index in [-0.39, 0.29) is 11.9 Å². The lowest BCUT2D eigenvalue weighted by Crippen LogP contribution is -2.17. The molecular weight excluding hydrogens is 305 g/mol. The maximum absolute atomic E-state index is 13.5. The fourth-order valence-corrected chi connectivity index (χ4v) is 2.91. The molecule has 0 saturated carbocycles. The van der Waals surface area contributed by atoms with Gasteiger partial charge in [-0.25, -0.2) is 4.39 Å². The summed E-state index contributed by atoms with van der Waals surface area (Å²) in [6.45, 7) is 2.23. The van der Waals surface area contributed by atoms with Crippen LogP contribution in [0.2, 0.25) is 0 Å². The van der Waals surface area contributed by atoms with Crippen LogP contribution in [0.4, 0.5) is 4.39 Å². The van der Waals surface area contributed by atoms with Crippen molar-refractivity contribution >= 4 is 15.9 Å². The summed E-state index contributed by atoms with van der Waals surface area (Å²) < 4.78 is 14.1. The van der Waals surface area contributed by atoms with Crippen molar-refractivity contribution in [2.75, 3.05) is 7.05 Å². The predicted molar refractivity (Wildman–Crippen MR) is 83.9 cm³/mol. The van der Waals surface area contributed by atoms with Crippen LogP contribution in [0, 0.1) is 5.82 Å². The van der Waals surface area contributed by atoms with Gasteiger partial charge in [-0.3, -0.25) is 0 Å². The Morgan fingerprint density at radius 1 is 1.16 bits per heavy atom. The molecule has 1 aromatic rings. The topological polar surface area (TPSA) is 12.0 Å². The van der Waals surface area contributed by atoms with Crippen molar-refractivity contribution in [3.05, 3.63) is 34.1 Å². The van der Waals surface area contributed by atoms with Crippen molar-refractivity contribution in [1.29, 1.82) is 0 Å². The minimum Gasteiger partial charge on any atom is -0.313 e. The molecule has 108 valence electrons. The zero-order valence-corrected chi connectivity index (χ0v) is 13.6. The lowest BCUT2D eigenvalue weighted by atomic mass is 9.99. The quantitative estimate of drug-likeness (QED) is 0.581. The molecule has 0 heterocycles. The summed E-state index contributed by atoms with van der Waals surface area (Å²) in [6, 6.07) is 5.49. The SMILES string of the molecule is CCCCCCCCC(NC)c1cccc(F)c1Br. The first-order valence-corrected chi connectivity index (χ1v) is 8.11. The molecule has 0 amide bonds. The molecular formula is C16H25BrFN. The van der Waals surface area contributed by atoms with Crippen LogP contribution >= 0.6 is 15.9 Å². The first kappa shape index (κ1) is 16.6. The van der Waals surface area contributed by atoms with E-state index in [0.717, 1.165) is 12.0 Å². The summed E-state index contributed by atoms with van der Waals surface area (Å²) in [4.78, 5) is 0. The van der Waals surface area contributed by atoms with Gasteiger partial charge < -0.3 is 5.32 Å². The van der Waals surface area contributed by atoms with Gasteiger partial charge >= 0.3 is 0 Å². The normalized spacial score (nSPS) is 12.6. The number of rotatable bonds is 9. The van der Waals surface area contributed by atoms with Gasteiger partial charge in [-0.05, 0) is 41.0 Å². The zero-order valence-electron chi connectivity index (χ0n) is 12.0. The molecule has 1 N–H and O–H groups in total. The average Bonchev–Trinajstić information content (AvgIpc) is 2.42. The van der Waals surface area contributed by atoms with Crippen LogP contribution in [-0.4, -0.2) is 7.05 Å². The lowest BCUT2D eigenvalue weighted by molar-refractivity contribution is 0.493. The van der Waals surface area contributed by atoms with Gasteiger partial charge in [-0.1, -0.05) is 57.6 Å². The monoisotopic (exact) mass is 329 g/mol. The number of hydrogen-bond acceptors (Lipinski definition) is 1. The van der Waals surface area contributed by atoms with Gasteiger partial charge in [-0.15, -0.1) is 0 Å². The zero-order chi connectivity index (χ0) is 14.1. The summed E-state index contributed by atoms with van der Waals surface area (Å²) in [5.74, 6) is -0.180. The maximum atomic E-state index is 13.5. The molecule has 0 aliphatic heterocycles. The number of halogens is 2. The molecule has 1 unspecified atom stereocenters. The van der Waals surface area contributed by atoms with Crippen molar-refractivity contribution < 1.29 is 4.39 Å². The maximum Gasteiger partial charge on any atom is 0.137 e. The van der Waals surface area contributed by atoms with Gasteiger partial charge in [0.15, 0.2) is 0 Å².